The fourth-order valence-electron chi connectivity index (χ4n) is 0. The van der Waals surface area contributed by atoms with Crippen molar-refractivity contribution >= 4 is 58.1 Å². The first-order chi connectivity index (χ1) is 2.45. The second kappa shape index (κ2) is 5.42. The summed E-state index contributed by atoms with van der Waals surface area (Å²) in [6, 6.07) is 0. The minimum Gasteiger partial charge on any atom is 1.00 e. The molecule has 0 amide bonds. The predicted molar refractivity (Wildman–Crippen MR) is 38.7 cm³/mol. The van der Waals surface area contributed by atoms with E-state index >= 15 is 0 Å². The van der Waals surface area contributed by atoms with Crippen molar-refractivity contribution in [2.45, 2.75) is 0 Å². The first-order valence-electron chi connectivity index (χ1n) is 0.756. The van der Waals surface area contributed by atoms with Gasteiger partial charge in [-0.05, 0) is 0 Å². The molecule has 0 spiro atoms. The summed E-state index contributed by atoms with van der Waals surface area (Å²) in [6.07, 6.45) is 0. The quantitative estimate of drug-likeness (QED) is 0.411. The van der Waals surface area contributed by atoms with Crippen LogP contribution in [0.25, 0.3) is 0 Å². The van der Waals surface area contributed by atoms with Crippen LogP contribution in [0, 0.1) is 0 Å². The van der Waals surface area contributed by atoms with Crippen molar-refractivity contribution in [2.75, 3.05) is 0 Å². The van der Waals surface area contributed by atoms with Gasteiger partial charge in [0.2, 0.25) is 0 Å². The molecule has 0 bridgehead atoms. The van der Waals surface area contributed by atoms with E-state index in [1.54, 1.807) is 0 Å². The molecule has 0 radical (unpaired) electrons. The zero-order valence-corrected chi connectivity index (χ0v) is 15.3. The fraction of sp³-hybridized carbons (Fsp3) is 0. The van der Waals surface area contributed by atoms with Gasteiger partial charge in [0, 0.05) is 0 Å². The molecule has 0 aromatic carbocycles. The molecule has 10 heteroatoms. The molecule has 0 aromatic heterocycles. The number of hydrogen-bond donors (Lipinski definition) is 0. The summed E-state index contributed by atoms with van der Waals surface area (Å²) < 4.78 is 0. The van der Waals surface area contributed by atoms with E-state index in [1.807, 2.05) is 0 Å². The van der Waals surface area contributed by atoms with Crippen LogP contribution < -0.4 is 59.1 Å². The summed E-state index contributed by atoms with van der Waals surface area (Å²) >= 11 is 0. The molecule has 0 rings (SSSR count). The Kier molecular flexibility index (Phi) is 12.9. The van der Waals surface area contributed by atoms with Crippen molar-refractivity contribution in [2.24, 2.45) is 0 Å². The molecule has 0 saturated heterocycles. The third-order valence-electron chi connectivity index (χ3n) is 0. The topological polar surface area (TPSA) is 31.5 Å². The van der Waals surface area contributed by atoms with E-state index in [-0.39, 0.29) is 64.6 Å². The van der Waals surface area contributed by atoms with Gasteiger partial charge in [0.15, 0.2) is 0 Å². The number of halogens is 6. The van der Waals surface area contributed by atoms with E-state index in [4.69, 9.17) is 58.1 Å². The standard InChI is InChI=1S/6ClH.2Na.H2O.Rh/h6*1H;;;1H2;/q;;;;;;2*+1;;+4/p-6. The van der Waals surface area contributed by atoms with Crippen molar-refractivity contribution in [3.63, 3.8) is 0 Å². The van der Waals surface area contributed by atoms with Crippen molar-refractivity contribution in [3.05, 3.63) is 0 Å². The third-order valence-corrected chi connectivity index (χ3v) is 0. The van der Waals surface area contributed by atoms with Crippen LogP contribution in [-0.4, -0.2) is 5.48 Å². The molecule has 0 saturated carbocycles. The maximum atomic E-state index is 5.04. The average Bonchev–Trinajstić information content (AvgIpc) is 0.592. The Morgan fingerprint density at radius 2 is 0.600 bits per heavy atom. The Bertz CT molecular complexity index is 74.3. The van der Waals surface area contributed by atoms with Crippen molar-refractivity contribution in [1.29, 1.82) is 0 Å². The Morgan fingerprint density at radius 1 is 0.600 bits per heavy atom. The number of hydrogen-bond acceptors (Lipinski definition) is 0. The van der Waals surface area contributed by atoms with Gasteiger partial charge in [-0.15, -0.1) is 0 Å². The zero-order valence-electron chi connectivity index (χ0n) is 5.10. The van der Waals surface area contributed by atoms with Crippen molar-refractivity contribution in [1.82, 2.24) is 0 Å². The molecule has 0 atom stereocenters. The molecule has 10 heavy (non-hydrogen) atoms. The van der Waals surface area contributed by atoms with Crippen LogP contribution in [-0.2, 0) is 6.48 Å². The van der Waals surface area contributed by atoms with Gasteiger partial charge in [-0.3, -0.25) is 0 Å². The molecule has 0 aliphatic rings. The van der Waals surface area contributed by atoms with E-state index in [2.05, 4.69) is 0 Å². The molecule has 0 unspecified atom stereocenters. The van der Waals surface area contributed by atoms with Crippen LogP contribution in [0.1, 0.15) is 0 Å². The van der Waals surface area contributed by atoms with E-state index < -0.39 is 6.48 Å². The summed E-state index contributed by atoms with van der Waals surface area (Å²) in [5, 5.41) is 0. The van der Waals surface area contributed by atoms with Gasteiger partial charge >= 0.3 is 124 Å². The van der Waals surface area contributed by atoms with Gasteiger partial charge < -0.3 is 5.48 Å². The average molecular weight is 380 g/mol. The molecule has 0 aromatic rings. The summed E-state index contributed by atoms with van der Waals surface area (Å²) in [7, 11) is 30.2. The maximum absolute atomic E-state index is 5.15. The van der Waals surface area contributed by atoms with Gasteiger partial charge in [0.1, 0.15) is 0 Å². The second-order valence-corrected chi connectivity index (χ2v) is 38.0. The van der Waals surface area contributed by atoms with Crippen molar-refractivity contribution < 1.29 is 71.1 Å². The van der Waals surface area contributed by atoms with E-state index in [9.17, 15) is 0 Å². The fourth-order valence-corrected chi connectivity index (χ4v) is 0. The Labute approximate surface area is 126 Å². The second-order valence-electron chi connectivity index (χ2n) is 0.714. The molecular formula is H2Cl6Na2ORh. The number of rotatable bonds is 0. The van der Waals surface area contributed by atoms with Crippen LogP contribution in [0.5, 0.6) is 0 Å². The largest absolute Gasteiger partial charge is 1.00 e. The normalized spacial score (nSPS) is 16.2. The zero-order chi connectivity index (χ0) is 6.41. The molecular weight excluding hydrogens is 378 g/mol. The van der Waals surface area contributed by atoms with Crippen LogP contribution in [0.15, 0.2) is 0 Å². The smallest absolute Gasteiger partial charge is 1.00 e. The van der Waals surface area contributed by atoms with E-state index in [0.29, 0.717) is 0 Å². The van der Waals surface area contributed by atoms with E-state index in [0.717, 1.165) is 0 Å². The monoisotopic (exact) mass is 377 g/mol. The van der Waals surface area contributed by atoms with Gasteiger partial charge in [0.05, 0.1) is 0 Å². The first-order valence-corrected chi connectivity index (χ1v) is 13.4. The Hall–Kier alpha value is 4.32. The molecule has 2 N–H and O–H groups in total. The van der Waals surface area contributed by atoms with Gasteiger partial charge in [-0.25, -0.2) is 0 Å². The summed E-state index contributed by atoms with van der Waals surface area (Å²) in [4.78, 5) is 0. The summed E-state index contributed by atoms with van der Waals surface area (Å²) in [5.74, 6) is 0. The molecule has 0 aliphatic heterocycles. The van der Waals surface area contributed by atoms with Gasteiger partial charge in [-0.1, -0.05) is 0 Å². The maximum Gasteiger partial charge on any atom is 1.00 e. The predicted octanol–water partition coefficient (Wildman–Crippen LogP) is -2.68. The molecule has 61 valence electrons. The van der Waals surface area contributed by atoms with Crippen LogP contribution >= 0.6 is 58.1 Å². The van der Waals surface area contributed by atoms with Crippen LogP contribution in [0.3, 0.4) is 0 Å². The first kappa shape index (κ1) is 23.9. The van der Waals surface area contributed by atoms with Crippen LogP contribution in [0.2, 0.25) is 0 Å². The van der Waals surface area contributed by atoms with Crippen LogP contribution in [0.4, 0.5) is 0 Å². The third kappa shape index (κ3) is 84.5. The Balaban J connectivity index is -0.0000000600. The summed E-state index contributed by atoms with van der Waals surface area (Å²) in [5.41, 5.74) is 0. The molecule has 1 nitrogen and oxygen atoms in total. The SMILES string of the molecule is O.[Cl][Rh-2]([Cl])([Cl])([Cl])([Cl])[Cl].[Na+].[Na+]. The van der Waals surface area contributed by atoms with E-state index in [1.165, 1.54) is 0 Å². The summed E-state index contributed by atoms with van der Waals surface area (Å²) in [6.45, 7) is -5.15. The van der Waals surface area contributed by atoms with Crippen molar-refractivity contribution in [3.8, 4) is 0 Å². The van der Waals surface area contributed by atoms with Gasteiger partial charge in [-0.2, -0.15) is 0 Å². The molecule has 0 heterocycles. The molecule has 0 aliphatic carbocycles. The minimum atomic E-state index is -5.15. The Morgan fingerprint density at radius 3 is 0.600 bits per heavy atom. The van der Waals surface area contributed by atoms with Gasteiger partial charge in [0.25, 0.3) is 0 Å². The molecule has 0 fully saturated rings. The minimum absolute atomic E-state index is 0.